The average molecular weight is 503 g/mol. The van der Waals surface area contributed by atoms with Gasteiger partial charge in [0.1, 0.15) is 24.1 Å². The fraction of sp³-hybridized carbons (Fsp3) is 0.741. The Labute approximate surface area is 214 Å². The summed E-state index contributed by atoms with van der Waals surface area (Å²) in [6.07, 6.45) is 6.36. The molecule has 3 atom stereocenters. The van der Waals surface area contributed by atoms with Crippen LogP contribution in [0.25, 0.3) is 0 Å². The molecule has 0 aromatic carbocycles. The highest BCUT2D eigenvalue weighted by Gasteiger charge is 2.38. The molecule has 3 rings (SSSR count). The number of ketones is 1. The predicted molar refractivity (Wildman–Crippen MR) is 135 cm³/mol. The van der Waals surface area contributed by atoms with Gasteiger partial charge in [0, 0.05) is 38.2 Å². The van der Waals surface area contributed by atoms with E-state index in [1.807, 2.05) is 11.1 Å². The van der Waals surface area contributed by atoms with E-state index in [0.29, 0.717) is 38.8 Å². The van der Waals surface area contributed by atoms with Crippen LogP contribution in [-0.4, -0.2) is 80.9 Å². The van der Waals surface area contributed by atoms with Crippen LogP contribution in [0.5, 0.6) is 0 Å². The molecule has 36 heavy (non-hydrogen) atoms. The molecule has 9 heteroatoms. The number of hydrogen-bond donors (Lipinski definition) is 1. The van der Waals surface area contributed by atoms with E-state index in [9.17, 15) is 19.5 Å². The minimum absolute atomic E-state index is 0.0592. The van der Waals surface area contributed by atoms with Crippen molar-refractivity contribution in [3.63, 3.8) is 0 Å². The van der Waals surface area contributed by atoms with Crippen LogP contribution < -0.4 is 0 Å². The Hall–Kier alpha value is -2.39. The van der Waals surface area contributed by atoms with Crippen LogP contribution in [0.2, 0.25) is 0 Å². The van der Waals surface area contributed by atoms with Gasteiger partial charge < -0.3 is 14.7 Å². The lowest BCUT2D eigenvalue weighted by Gasteiger charge is -2.35. The first-order valence-corrected chi connectivity index (χ1v) is 13.3. The fourth-order valence-corrected chi connectivity index (χ4v) is 5.13. The van der Waals surface area contributed by atoms with Crippen LogP contribution in [0.1, 0.15) is 77.5 Å². The van der Waals surface area contributed by atoms with E-state index in [-0.39, 0.29) is 36.7 Å². The van der Waals surface area contributed by atoms with Crippen molar-refractivity contribution in [2.24, 2.45) is 11.3 Å². The van der Waals surface area contributed by atoms with Gasteiger partial charge in [-0.25, -0.2) is 9.97 Å². The lowest BCUT2D eigenvalue weighted by atomic mass is 9.85. The van der Waals surface area contributed by atoms with Crippen LogP contribution in [0.4, 0.5) is 0 Å². The zero-order chi connectivity index (χ0) is 26.3. The Morgan fingerprint density at radius 2 is 2.06 bits per heavy atom. The highest BCUT2D eigenvalue weighted by atomic mass is 16.5. The molecule has 1 aromatic heterocycles. The second-order valence-electron chi connectivity index (χ2n) is 10.9. The van der Waals surface area contributed by atoms with E-state index in [0.717, 1.165) is 37.2 Å². The van der Waals surface area contributed by atoms with Gasteiger partial charge in [0.2, 0.25) is 5.91 Å². The van der Waals surface area contributed by atoms with Crippen molar-refractivity contribution >= 4 is 17.7 Å². The number of carbonyl (C=O) groups excluding carboxylic acids is 3. The first-order chi connectivity index (χ1) is 17.1. The standard InChI is InChI=1S/C27H42N4O5/c1-5-11-30-15-19(2)13-22(32)7-8-24(33)27(3,4)26(35)36-17-21(30)6-9-25(34)31-12-10-20-14-28-18-29-23(20)16-31/h14,18-19,21-22,32H,5-13,15-17H2,1-4H3/t19-,21-,22+/m1/s1. The molecule has 0 aliphatic carbocycles. The van der Waals surface area contributed by atoms with E-state index in [4.69, 9.17) is 4.74 Å². The number of aliphatic hydroxyl groups is 1. The Kier molecular flexibility index (Phi) is 9.96. The fourth-order valence-electron chi connectivity index (χ4n) is 5.13. The third-order valence-corrected chi connectivity index (χ3v) is 7.48. The van der Waals surface area contributed by atoms with Gasteiger partial charge in [0.25, 0.3) is 0 Å². The van der Waals surface area contributed by atoms with Gasteiger partial charge in [-0.1, -0.05) is 13.8 Å². The molecule has 2 aliphatic heterocycles. The van der Waals surface area contributed by atoms with Crippen molar-refractivity contribution in [1.82, 2.24) is 19.8 Å². The van der Waals surface area contributed by atoms with Crippen LogP contribution in [0.3, 0.4) is 0 Å². The molecular formula is C27H42N4O5. The predicted octanol–water partition coefficient (Wildman–Crippen LogP) is 2.54. The molecule has 200 valence electrons. The number of ether oxygens (including phenoxy) is 1. The number of amides is 1. The minimum Gasteiger partial charge on any atom is -0.463 e. The van der Waals surface area contributed by atoms with Gasteiger partial charge >= 0.3 is 5.97 Å². The Morgan fingerprint density at radius 3 is 2.81 bits per heavy atom. The Morgan fingerprint density at radius 1 is 1.28 bits per heavy atom. The van der Waals surface area contributed by atoms with Gasteiger partial charge in [-0.15, -0.1) is 0 Å². The normalized spacial score (nSPS) is 26.2. The molecule has 1 saturated heterocycles. The second-order valence-corrected chi connectivity index (χ2v) is 10.9. The van der Waals surface area contributed by atoms with Crippen molar-refractivity contribution < 1.29 is 24.2 Å². The van der Waals surface area contributed by atoms with Gasteiger partial charge in [-0.05, 0) is 64.0 Å². The maximum atomic E-state index is 13.1. The molecule has 1 fully saturated rings. The molecule has 0 saturated carbocycles. The number of hydrogen-bond acceptors (Lipinski definition) is 8. The maximum absolute atomic E-state index is 13.1. The monoisotopic (exact) mass is 502 g/mol. The summed E-state index contributed by atoms with van der Waals surface area (Å²) in [5.74, 6) is -0.509. The molecule has 0 spiro atoms. The number of rotatable bonds is 5. The minimum atomic E-state index is -1.27. The largest absolute Gasteiger partial charge is 0.463 e. The highest BCUT2D eigenvalue weighted by Crippen LogP contribution is 2.26. The quantitative estimate of drug-likeness (QED) is 0.483. The van der Waals surface area contributed by atoms with Gasteiger partial charge in [0.15, 0.2) is 0 Å². The summed E-state index contributed by atoms with van der Waals surface area (Å²) in [6, 6.07) is -0.150. The number of aromatic nitrogens is 2. The van der Waals surface area contributed by atoms with Crippen molar-refractivity contribution in [2.75, 3.05) is 26.2 Å². The summed E-state index contributed by atoms with van der Waals surface area (Å²) in [7, 11) is 0. The lowest BCUT2D eigenvalue weighted by molar-refractivity contribution is -0.160. The van der Waals surface area contributed by atoms with Crippen molar-refractivity contribution in [3.05, 3.63) is 23.8 Å². The Bertz CT molecular complexity index is 921. The second kappa shape index (κ2) is 12.7. The molecule has 1 N–H and O–H groups in total. The number of cyclic esters (lactones) is 1. The molecule has 1 amide bonds. The van der Waals surface area contributed by atoms with Crippen LogP contribution >= 0.6 is 0 Å². The molecule has 1 aromatic rings. The highest BCUT2D eigenvalue weighted by molar-refractivity contribution is 6.02. The number of fused-ring (bicyclic) bond motifs is 1. The molecule has 0 bridgehead atoms. The van der Waals surface area contributed by atoms with Crippen LogP contribution in [0.15, 0.2) is 12.5 Å². The Balaban J connectivity index is 1.72. The number of Topliss-reactive ketones (excluding diaryl/α,β-unsaturated/α-hetero) is 1. The number of aliphatic hydroxyl groups excluding tert-OH is 1. The maximum Gasteiger partial charge on any atom is 0.319 e. The zero-order valence-corrected chi connectivity index (χ0v) is 22.2. The summed E-state index contributed by atoms with van der Waals surface area (Å²) in [5, 5.41) is 10.5. The first kappa shape index (κ1) is 28.2. The molecule has 0 unspecified atom stereocenters. The SMILES string of the molecule is CCCN1C[C@H](C)C[C@@H](O)CCC(=O)C(C)(C)C(=O)OC[C@H]1CCC(=O)N1CCc2cncnc2C1. The third-order valence-electron chi connectivity index (χ3n) is 7.48. The number of nitrogens with zero attached hydrogens (tertiary/aromatic N) is 4. The zero-order valence-electron chi connectivity index (χ0n) is 22.2. The van der Waals surface area contributed by atoms with E-state index in [1.54, 1.807) is 13.8 Å². The summed E-state index contributed by atoms with van der Waals surface area (Å²) in [6.45, 7) is 10.2. The van der Waals surface area contributed by atoms with Gasteiger partial charge in [-0.3, -0.25) is 19.3 Å². The van der Waals surface area contributed by atoms with Crippen molar-refractivity contribution in [1.29, 1.82) is 0 Å². The van der Waals surface area contributed by atoms with Crippen LogP contribution in [-0.2, 0) is 32.1 Å². The third kappa shape index (κ3) is 7.32. The summed E-state index contributed by atoms with van der Waals surface area (Å²) < 4.78 is 5.71. The topological polar surface area (TPSA) is 113 Å². The summed E-state index contributed by atoms with van der Waals surface area (Å²) in [4.78, 5) is 51.3. The van der Waals surface area contributed by atoms with Crippen molar-refractivity contribution in [2.45, 2.75) is 91.3 Å². The summed E-state index contributed by atoms with van der Waals surface area (Å²) in [5.41, 5.74) is 0.719. The first-order valence-electron chi connectivity index (χ1n) is 13.3. The smallest absolute Gasteiger partial charge is 0.319 e. The van der Waals surface area contributed by atoms with Gasteiger partial charge in [-0.2, -0.15) is 0 Å². The molecular weight excluding hydrogens is 460 g/mol. The number of esters is 1. The average Bonchev–Trinajstić information content (AvgIpc) is 2.86. The van der Waals surface area contributed by atoms with E-state index >= 15 is 0 Å². The molecule has 3 heterocycles. The molecule has 2 aliphatic rings. The number of carbonyl (C=O) groups is 3. The van der Waals surface area contributed by atoms with E-state index < -0.39 is 17.5 Å². The molecule has 9 nitrogen and oxygen atoms in total. The van der Waals surface area contributed by atoms with Crippen LogP contribution in [0, 0.1) is 11.3 Å². The van der Waals surface area contributed by atoms with E-state index in [2.05, 4.69) is 28.7 Å². The van der Waals surface area contributed by atoms with Gasteiger partial charge in [0.05, 0.1) is 18.3 Å². The molecule has 0 radical (unpaired) electrons. The lowest BCUT2D eigenvalue weighted by Crippen LogP contribution is -2.45. The van der Waals surface area contributed by atoms with Crippen molar-refractivity contribution in [3.8, 4) is 0 Å². The van der Waals surface area contributed by atoms with E-state index in [1.165, 1.54) is 6.33 Å². The summed E-state index contributed by atoms with van der Waals surface area (Å²) >= 11 is 0.